The highest BCUT2D eigenvalue weighted by molar-refractivity contribution is 5.95. The van der Waals surface area contributed by atoms with Crippen molar-refractivity contribution < 1.29 is 24.4 Å². The number of hydrogen-bond acceptors (Lipinski definition) is 6. The van der Waals surface area contributed by atoms with Crippen LogP contribution < -0.4 is 10.6 Å². The zero-order valence-electron chi connectivity index (χ0n) is 12.9. The van der Waals surface area contributed by atoms with Gasteiger partial charge in [0.15, 0.2) is 0 Å². The number of nitrogens with zero attached hydrogens (tertiary/aromatic N) is 1. The lowest BCUT2D eigenvalue weighted by Crippen LogP contribution is -2.41. The highest BCUT2D eigenvalue weighted by atomic mass is 16.6. The van der Waals surface area contributed by atoms with E-state index >= 15 is 0 Å². The van der Waals surface area contributed by atoms with Crippen LogP contribution in [0.15, 0.2) is 18.2 Å². The van der Waals surface area contributed by atoms with Gasteiger partial charge in [0, 0.05) is 19.7 Å². The summed E-state index contributed by atoms with van der Waals surface area (Å²) in [5.74, 6) is -1.82. The SMILES string of the molecule is COCCNC(CC(=O)Nc1ccc(C)cc1[N+](=O)[O-])C(=O)O. The fourth-order valence-corrected chi connectivity index (χ4v) is 1.87. The molecule has 0 aliphatic rings. The Morgan fingerprint density at radius 1 is 1.43 bits per heavy atom. The summed E-state index contributed by atoms with van der Waals surface area (Å²) in [6.45, 7) is 2.26. The van der Waals surface area contributed by atoms with Gasteiger partial charge in [-0.1, -0.05) is 6.07 Å². The molecule has 0 spiro atoms. The van der Waals surface area contributed by atoms with Gasteiger partial charge in [-0.05, 0) is 18.6 Å². The van der Waals surface area contributed by atoms with Crippen LogP contribution in [0.2, 0.25) is 0 Å². The number of aliphatic carboxylic acids is 1. The van der Waals surface area contributed by atoms with Gasteiger partial charge in [0.2, 0.25) is 5.91 Å². The monoisotopic (exact) mass is 325 g/mol. The number of nitrogens with one attached hydrogen (secondary N) is 2. The van der Waals surface area contributed by atoms with Crippen LogP contribution in [0.5, 0.6) is 0 Å². The molecule has 1 unspecified atom stereocenters. The topological polar surface area (TPSA) is 131 Å². The number of amides is 1. The molecule has 1 aromatic carbocycles. The van der Waals surface area contributed by atoms with Gasteiger partial charge in [-0.2, -0.15) is 0 Å². The van der Waals surface area contributed by atoms with E-state index in [4.69, 9.17) is 9.84 Å². The predicted molar refractivity (Wildman–Crippen MR) is 82.4 cm³/mol. The molecule has 1 atom stereocenters. The summed E-state index contributed by atoms with van der Waals surface area (Å²) in [6, 6.07) is 3.27. The number of rotatable bonds is 9. The summed E-state index contributed by atoms with van der Waals surface area (Å²) in [7, 11) is 1.47. The third-order valence-electron chi connectivity index (χ3n) is 3.01. The van der Waals surface area contributed by atoms with E-state index in [1.165, 1.54) is 19.2 Å². The lowest BCUT2D eigenvalue weighted by Gasteiger charge is -2.14. The first-order valence-electron chi connectivity index (χ1n) is 6.85. The molecule has 1 rings (SSSR count). The van der Waals surface area contributed by atoms with Crippen molar-refractivity contribution in [1.82, 2.24) is 5.32 Å². The summed E-state index contributed by atoms with van der Waals surface area (Å²) in [5.41, 5.74) is 0.476. The third kappa shape index (κ3) is 6.01. The first kappa shape index (κ1) is 18.5. The largest absolute Gasteiger partial charge is 0.480 e. The molecular formula is C14H19N3O6. The molecule has 0 radical (unpaired) electrons. The predicted octanol–water partition coefficient (Wildman–Crippen LogP) is 0.921. The van der Waals surface area contributed by atoms with Crippen LogP contribution in [0.3, 0.4) is 0 Å². The molecule has 1 aromatic rings. The molecule has 0 heterocycles. The number of nitro benzene ring substituents is 1. The normalized spacial score (nSPS) is 11.7. The van der Waals surface area contributed by atoms with E-state index in [2.05, 4.69) is 10.6 Å². The summed E-state index contributed by atoms with van der Waals surface area (Å²) in [5, 5.41) is 25.1. The minimum absolute atomic E-state index is 0.0339. The Morgan fingerprint density at radius 2 is 2.13 bits per heavy atom. The van der Waals surface area contributed by atoms with Crippen LogP contribution in [0, 0.1) is 17.0 Å². The minimum Gasteiger partial charge on any atom is -0.480 e. The van der Waals surface area contributed by atoms with E-state index in [0.29, 0.717) is 12.2 Å². The number of carbonyl (C=O) groups is 2. The number of benzene rings is 1. The van der Waals surface area contributed by atoms with Crippen LogP contribution in [0.25, 0.3) is 0 Å². The van der Waals surface area contributed by atoms with Crippen LogP contribution in [0.1, 0.15) is 12.0 Å². The number of carboxylic acid groups (broad SMARTS) is 1. The van der Waals surface area contributed by atoms with E-state index in [-0.39, 0.29) is 24.3 Å². The Labute approximate surface area is 132 Å². The molecule has 126 valence electrons. The lowest BCUT2D eigenvalue weighted by molar-refractivity contribution is -0.384. The van der Waals surface area contributed by atoms with Crippen molar-refractivity contribution in [2.75, 3.05) is 25.6 Å². The molecule has 0 saturated heterocycles. The minimum atomic E-state index is -1.19. The fraction of sp³-hybridized carbons (Fsp3) is 0.429. The van der Waals surface area contributed by atoms with Crippen molar-refractivity contribution in [1.29, 1.82) is 0 Å². The molecule has 0 saturated carbocycles. The fourth-order valence-electron chi connectivity index (χ4n) is 1.87. The summed E-state index contributed by atoms with van der Waals surface area (Å²) in [6.07, 6.45) is -0.357. The number of aryl methyl sites for hydroxylation is 1. The quantitative estimate of drug-likeness (QED) is 0.349. The van der Waals surface area contributed by atoms with E-state index in [1.807, 2.05) is 0 Å². The molecular weight excluding hydrogens is 306 g/mol. The van der Waals surface area contributed by atoms with Crippen LogP contribution >= 0.6 is 0 Å². The Morgan fingerprint density at radius 3 is 2.70 bits per heavy atom. The molecule has 0 bridgehead atoms. The van der Waals surface area contributed by atoms with Crippen molar-refractivity contribution in [3.8, 4) is 0 Å². The zero-order valence-corrected chi connectivity index (χ0v) is 12.9. The van der Waals surface area contributed by atoms with Crippen molar-refractivity contribution >= 4 is 23.3 Å². The maximum absolute atomic E-state index is 12.0. The van der Waals surface area contributed by atoms with Gasteiger partial charge in [0.1, 0.15) is 11.7 Å². The lowest BCUT2D eigenvalue weighted by atomic mass is 10.1. The van der Waals surface area contributed by atoms with Gasteiger partial charge in [-0.15, -0.1) is 0 Å². The standard InChI is InChI=1S/C14H19N3O6/c1-9-3-4-10(12(7-9)17(21)22)16-13(18)8-11(14(19)20)15-5-6-23-2/h3-4,7,11,15H,5-6,8H2,1-2H3,(H,16,18)(H,19,20). The van der Waals surface area contributed by atoms with E-state index in [1.54, 1.807) is 13.0 Å². The van der Waals surface area contributed by atoms with E-state index < -0.39 is 22.8 Å². The van der Waals surface area contributed by atoms with Gasteiger partial charge < -0.3 is 20.5 Å². The number of hydrogen-bond donors (Lipinski definition) is 3. The Kier molecular flexibility index (Phi) is 7.10. The maximum Gasteiger partial charge on any atom is 0.321 e. The van der Waals surface area contributed by atoms with Gasteiger partial charge in [-0.25, -0.2) is 0 Å². The molecule has 0 aliphatic carbocycles. The van der Waals surface area contributed by atoms with E-state index in [0.717, 1.165) is 0 Å². The number of carbonyl (C=O) groups excluding carboxylic acids is 1. The second-order valence-electron chi connectivity index (χ2n) is 4.87. The molecule has 9 heteroatoms. The number of nitro groups is 1. The first-order chi connectivity index (χ1) is 10.8. The van der Waals surface area contributed by atoms with Gasteiger partial charge in [0.05, 0.1) is 18.0 Å². The van der Waals surface area contributed by atoms with Crippen molar-refractivity contribution in [3.05, 3.63) is 33.9 Å². The zero-order chi connectivity index (χ0) is 17.4. The van der Waals surface area contributed by atoms with Gasteiger partial charge >= 0.3 is 5.97 Å². The van der Waals surface area contributed by atoms with Crippen LogP contribution in [0.4, 0.5) is 11.4 Å². The number of methoxy groups -OCH3 is 1. The van der Waals surface area contributed by atoms with Crippen LogP contribution in [-0.2, 0) is 14.3 Å². The summed E-state index contributed by atoms with van der Waals surface area (Å²) >= 11 is 0. The summed E-state index contributed by atoms with van der Waals surface area (Å²) < 4.78 is 4.79. The third-order valence-corrected chi connectivity index (χ3v) is 3.01. The summed E-state index contributed by atoms with van der Waals surface area (Å²) in [4.78, 5) is 33.5. The molecule has 0 fully saturated rings. The molecule has 0 aromatic heterocycles. The first-order valence-corrected chi connectivity index (χ1v) is 6.85. The van der Waals surface area contributed by atoms with Crippen LogP contribution in [-0.4, -0.2) is 48.2 Å². The smallest absolute Gasteiger partial charge is 0.321 e. The highest BCUT2D eigenvalue weighted by Crippen LogP contribution is 2.25. The molecule has 3 N–H and O–H groups in total. The van der Waals surface area contributed by atoms with Crippen molar-refractivity contribution in [3.63, 3.8) is 0 Å². The van der Waals surface area contributed by atoms with Gasteiger partial charge in [0.25, 0.3) is 5.69 Å². The number of carboxylic acids is 1. The number of ether oxygens (including phenoxy) is 1. The second-order valence-corrected chi connectivity index (χ2v) is 4.87. The second kappa shape index (κ2) is 8.81. The average molecular weight is 325 g/mol. The highest BCUT2D eigenvalue weighted by Gasteiger charge is 2.22. The molecule has 1 amide bonds. The van der Waals surface area contributed by atoms with Crippen molar-refractivity contribution in [2.45, 2.75) is 19.4 Å². The maximum atomic E-state index is 12.0. The molecule has 23 heavy (non-hydrogen) atoms. The Hall–Kier alpha value is -2.52. The van der Waals surface area contributed by atoms with E-state index in [9.17, 15) is 19.7 Å². The van der Waals surface area contributed by atoms with Crippen molar-refractivity contribution in [2.24, 2.45) is 0 Å². The molecule has 0 aliphatic heterocycles. The Balaban J connectivity index is 2.75. The average Bonchev–Trinajstić information content (AvgIpc) is 2.47. The Bertz CT molecular complexity index is 590. The molecule has 9 nitrogen and oxygen atoms in total. The number of anilines is 1. The van der Waals surface area contributed by atoms with Gasteiger partial charge in [-0.3, -0.25) is 19.7 Å².